The Morgan fingerprint density at radius 2 is 2.16 bits per heavy atom. The van der Waals surface area contributed by atoms with Crippen molar-refractivity contribution < 1.29 is 9.90 Å². The Labute approximate surface area is 119 Å². The lowest BCUT2D eigenvalue weighted by Crippen LogP contribution is -2.27. The zero-order valence-electron chi connectivity index (χ0n) is 11.6. The lowest BCUT2D eigenvalue weighted by Gasteiger charge is -2.26. The number of hydrogen-bond acceptors (Lipinski definition) is 2. The molecule has 1 aromatic rings. The summed E-state index contributed by atoms with van der Waals surface area (Å²) in [6.07, 6.45) is 2.65. The molecule has 0 unspecified atom stereocenters. The zero-order chi connectivity index (χ0) is 14.4. The van der Waals surface area contributed by atoms with E-state index in [1.807, 2.05) is 12.1 Å². The third-order valence-corrected chi connectivity index (χ3v) is 3.00. The van der Waals surface area contributed by atoms with Crippen LogP contribution in [0.25, 0.3) is 6.08 Å². The maximum absolute atomic E-state index is 10.5. The Morgan fingerprint density at radius 1 is 1.47 bits per heavy atom. The van der Waals surface area contributed by atoms with E-state index in [-0.39, 0.29) is 0 Å². The second-order valence-electron chi connectivity index (χ2n) is 4.81. The van der Waals surface area contributed by atoms with Gasteiger partial charge in [-0.15, -0.1) is 0 Å². The molecule has 0 aliphatic carbocycles. The minimum atomic E-state index is -0.963. The van der Waals surface area contributed by atoms with Gasteiger partial charge in [-0.2, -0.15) is 0 Å². The predicted molar refractivity (Wildman–Crippen MR) is 80.8 cm³/mol. The molecule has 0 aliphatic heterocycles. The third-order valence-electron chi connectivity index (χ3n) is 2.70. The maximum atomic E-state index is 10.5. The number of hydrogen-bond donors (Lipinski definition) is 1. The van der Waals surface area contributed by atoms with Crippen LogP contribution in [0.3, 0.4) is 0 Å². The van der Waals surface area contributed by atoms with Gasteiger partial charge in [0, 0.05) is 19.2 Å². The Bertz CT molecular complexity index is 469. The fourth-order valence-corrected chi connectivity index (χ4v) is 2.20. The van der Waals surface area contributed by atoms with Crippen molar-refractivity contribution in [1.82, 2.24) is 0 Å². The molecule has 104 valence electrons. The molecule has 0 aliphatic rings. The summed E-state index contributed by atoms with van der Waals surface area (Å²) in [5, 5.41) is 9.24. The number of aliphatic carboxylic acids is 1. The van der Waals surface area contributed by atoms with Crippen LogP contribution in [0.1, 0.15) is 26.3 Å². The first-order valence-corrected chi connectivity index (χ1v) is 6.77. The summed E-state index contributed by atoms with van der Waals surface area (Å²) in [4.78, 5) is 12.7. The Morgan fingerprint density at radius 3 is 2.63 bits per heavy atom. The molecule has 0 bridgehead atoms. The Kier molecular flexibility index (Phi) is 5.90. The number of carboxylic acid groups (broad SMARTS) is 1. The van der Waals surface area contributed by atoms with E-state index in [0.29, 0.717) is 10.9 Å². The van der Waals surface area contributed by atoms with Crippen LogP contribution >= 0.6 is 11.6 Å². The highest BCUT2D eigenvalue weighted by atomic mass is 35.5. The normalized spacial score (nSPS) is 11.2. The molecule has 0 saturated heterocycles. The van der Waals surface area contributed by atoms with Gasteiger partial charge >= 0.3 is 5.97 Å². The first kappa shape index (κ1) is 15.6. The molecule has 0 radical (unpaired) electrons. The molecule has 0 fully saturated rings. The number of rotatable bonds is 6. The van der Waals surface area contributed by atoms with Crippen LogP contribution in [0, 0.1) is 5.92 Å². The number of benzene rings is 1. The minimum absolute atomic E-state index is 0.558. The molecule has 19 heavy (non-hydrogen) atoms. The van der Waals surface area contributed by atoms with E-state index < -0.39 is 5.97 Å². The van der Waals surface area contributed by atoms with Gasteiger partial charge in [-0.05, 0) is 36.6 Å². The van der Waals surface area contributed by atoms with E-state index in [2.05, 4.69) is 25.7 Å². The van der Waals surface area contributed by atoms with Crippen molar-refractivity contribution in [3.05, 3.63) is 34.9 Å². The zero-order valence-corrected chi connectivity index (χ0v) is 12.3. The fraction of sp³-hybridized carbons (Fsp3) is 0.400. The van der Waals surface area contributed by atoms with E-state index in [1.165, 1.54) is 6.08 Å². The van der Waals surface area contributed by atoms with Crippen LogP contribution in [0.15, 0.2) is 24.3 Å². The van der Waals surface area contributed by atoms with Crippen LogP contribution in [0.4, 0.5) is 5.69 Å². The topological polar surface area (TPSA) is 40.5 Å². The van der Waals surface area contributed by atoms with Gasteiger partial charge in [-0.3, -0.25) is 0 Å². The van der Waals surface area contributed by atoms with Gasteiger partial charge in [0.15, 0.2) is 0 Å². The Hall–Kier alpha value is -1.48. The first-order valence-electron chi connectivity index (χ1n) is 6.39. The second-order valence-corrected chi connectivity index (χ2v) is 5.22. The number of nitrogens with zero attached hydrogens (tertiary/aromatic N) is 1. The smallest absolute Gasteiger partial charge is 0.328 e. The molecule has 0 amide bonds. The summed E-state index contributed by atoms with van der Waals surface area (Å²) < 4.78 is 0. The molecule has 0 saturated carbocycles. The Balaban J connectivity index is 2.95. The summed E-state index contributed by atoms with van der Waals surface area (Å²) in [5.41, 5.74) is 1.78. The summed E-state index contributed by atoms with van der Waals surface area (Å²) in [6, 6.07) is 5.61. The van der Waals surface area contributed by atoms with Crippen molar-refractivity contribution in [2.45, 2.75) is 20.8 Å². The van der Waals surface area contributed by atoms with Crippen LogP contribution < -0.4 is 4.90 Å². The van der Waals surface area contributed by atoms with Crippen molar-refractivity contribution >= 4 is 29.3 Å². The van der Waals surface area contributed by atoms with Gasteiger partial charge in [-0.25, -0.2) is 4.79 Å². The van der Waals surface area contributed by atoms with E-state index >= 15 is 0 Å². The van der Waals surface area contributed by atoms with Crippen LogP contribution in [-0.2, 0) is 4.79 Å². The van der Waals surface area contributed by atoms with Crippen molar-refractivity contribution in [1.29, 1.82) is 0 Å². The molecular weight excluding hydrogens is 262 g/mol. The summed E-state index contributed by atoms with van der Waals surface area (Å²) >= 11 is 6.28. The third kappa shape index (κ3) is 4.95. The van der Waals surface area contributed by atoms with Gasteiger partial charge in [-0.1, -0.05) is 31.5 Å². The van der Waals surface area contributed by atoms with E-state index in [4.69, 9.17) is 16.7 Å². The summed E-state index contributed by atoms with van der Waals surface area (Å²) in [6.45, 7) is 8.26. The largest absolute Gasteiger partial charge is 0.478 e. The first-order chi connectivity index (χ1) is 8.93. The number of anilines is 1. The standard InChI is InChI=1S/C15H20ClNO2/c1-4-17(10-11(2)3)14-7-5-12(9-13(14)16)6-8-15(18)19/h5-9,11H,4,10H2,1-3H3,(H,18,19)/b8-6+. The van der Waals surface area contributed by atoms with Gasteiger partial charge in [0.05, 0.1) is 10.7 Å². The molecule has 0 aromatic heterocycles. The highest BCUT2D eigenvalue weighted by molar-refractivity contribution is 6.33. The average molecular weight is 282 g/mol. The van der Waals surface area contributed by atoms with Crippen LogP contribution in [0.2, 0.25) is 5.02 Å². The van der Waals surface area contributed by atoms with E-state index in [9.17, 15) is 4.79 Å². The number of halogens is 1. The molecule has 0 spiro atoms. The molecule has 0 heterocycles. The maximum Gasteiger partial charge on any atom is 0.328 e. The summed E-state index contributed by atoms with van der Waals surface area (Å²) in [5.74, 6) is -0.405. The fourth-order valence-electron chi connectivity index (χ4n) is 1.89. The highest BCUT2D eigenvalue weighted by Gasteiger charge is 2.10. The van der Waals surface area contributed by atoms with Crippen molar-refractivity contribution in [2.75, 3.05) is 18.0 Å². The highest BCUT2D eigenvalue weighted by Crippen LogP contribution is 2.28. The van der Waals surface area contributed by atoms with Crippen molar-refractivity contribution in [3.63, 3.8) is 0 Å². The van der Waals surface area contributed by atoms with Gasteiger partial charge in [0.1, 0.15) is 0 Å². The number of carbonyl (C=O) groups is 1. The number of carboxylic acids is 1. The molecule has 1 rings (SSSR count). The molecule has 1 N–H and O–H groups in total. The van der Waals surface area contributed by atoms with Crippen molar-refractivity contribution in [2.24, 2.45) is 5.92 Å². The minimum Gasteiger partial charge on any atom is -0.478 e. The van der Waals surface area contributed by atoms with Crippen LogP contribution in [-0.4, -0.2) is 24.2 Å². The van der Waals surface area contributed by atoms with E-state index in [0.717, 1.165) is 30.4 Å². The molecule has 0 atom stereocenters. The quantitative estimate of drug-likeness (QED) is 0.804. The lowest BCUT2D eigenvalue weighted by molar-refractivity contribution is -0.131. The molecular formula is C15H20ClNO2. The molecule has 3 nitrogen and oxygen atoms in total. The summed E-state index contributed by atoms with van der Waals surface area (Å²) in [7, 11) is 0. The molecule has 1 aromatic carbocycles. The van der Waals surface area contributed by atoms with Gasteiger partial charge in [0.25, 0.3) is 0 Å². The second kappa shape index (κ2) is 7.19. The SMILES string of the molecule is CCN(CC(C)C)c1ccc(/C=C/C(=O)O)cc1Cl. The van der Waals surface area contributed by atoms with Crippen molar-refractivity contribution in [3.8, 4) is 0 Å². The molecule has 4 heteroatoms. The van der Waals surface area contributed by atoms with Crippen LogP contribution in [0.5, 0.6) is 0 Å². The van der Waals surface area contributed by atoms with Gasteiger partial charge < -0.3 is 10.0 Å². The predicted octanol–water partition coefficient (Wildman–Crippen LogP) is 3.92. The average Bonchev–Trinajstić information content (AvgIpc) is 2.33. The van der Waals surface area contributed by atoms with E-state index in [1.54, 1.807) is 6.07 Å². The lowest BCUT2D eigenvalue weighted by atomic mass is 10.1. The monoisotopic (exact) mass is 281 g/mol. The van der Waals surface area contributed by atoms with Gasteiger partial charge in [0.2, 0.25) is 0 Å².